The molecule has 17 atom stereocenters. The van der Waals surface area contributed by atoms with Crippen LogP contribution < -0.4 is 5.32 Å². The Bertz CT molecular complexity index is 1930. The molecule has 0 aromatic rings. The van der Waals surface area contributed by atoms with Gasteiger partial charge in [-0.05, 0) is 89.9 Å². The molecular weight excluding hydrogens is 1070 g/mol. The first kappa shape index (κ1) is 73.7. The first-order chi connectivity index (χ1) is 40.3. The van der Waals surface area contributed by atoms with Gasteiger partial charge in [0.1, 0.15) is 73.2 Å². The van der Waals surface area contributed by atoms with Crippen LogP contribution in [-0.2, 0) is 33.2 Å². The normalized spacial score (nSPS) is 30.2. The molecule has 83 heavy (non-hydrogen) atoms. The molecule has 1 amide bonds. The van der Waals surface area contributed by atoms with Gasteiger partial charge in [0.25, 0.3) is 0 Å². The maximum absolute atomic E-state index is 13.3. The van der Waals surface area contributed by atoms with Crippen LogP contribution in [0.3, 0.4) is 0 Å². The molecular formula is C64H105NO18. The Hall–Kier alpha value is -3.55. The molecule has 3 heterocycles. The van der Waals surface area contributed by atoms with E-state index in [1.807, 2.05) is 6.08 Å². The molecule has 0 bridgehead atoms. The lowest BCUT2D eigenvalue weighted by molar-refractivity contribution is -0.379. The second kappa shape index (κ2) is 45.7. The number of unbranched alkanes of at least 4 members (excludes halogenated alkanes) is 11. The number of nitrogens with one attached hydrogen (secondary N) is 1. The molecule has 3 aliphatic rings. The van der Waals surface area contributed by atoms with Crippen molar-refractivity contribution in [3.8, 4) is 0 Å². The van der Waals surface area contributed by atoms with E-state index in [2.05, 4.69) is 116 Å². The van der Waals surface area contributed by atoms with E-state index < -0.39 is 124 Å². The number of carbonyl (C=O) groups is 1. The summed E-state index contributed by atoms with van der Waals surface area (Å²) < 4.78 is 34.1. The van der Waals surface area contributed by atoms with Gasteiger partial charge < -0.3 is 89.9 Å². The Balaban J connectivity index is 1.41. The predicted molar refractivity (Wildman–Crippen MR) is 318 cm³/mol. The Labute approximate surface area is 494 Å². The van der Waals surface area contributed by atoms with E-state index in [0.29, 0.717) is 12.8 Å². The molecule has 3 rings (SSSR count). The van der Waals surface area contributed by atoms with Crippen molar-refractivity contribution in [1.29, 1.82) is 0 Å². The molecule has 0 spiro atoms. The van der Waals surface area contributed by atoms with Crippen LogP contribution in [-0.4, -0.2) is 193 Å². The van der Waals surface area contributed by atoms with Crippen molar-refractivity contribution < 1.29 is 89.4 Å². The van der Waals surface area contributed by atoms with Crippen molar-refractivity contribution in [3.05, 3.63) is 109 Å². The molecule has 3 fully saturated rings. The number of rotatable bonds is 43. The Morgan fingerprint density at radius 3 is 1.35 bits per heavy atom. The van der Waals surface area contributed by atoms with Gasteiger partial charge in [0.2, 0.25) is 5.91 Å². The summed E-state index contributed by atoms with van der Waals surface area (Å²) in [4.78, 5) is 13.3. The molecule has 0 aliphatic carbocycles. The minimum atomic E-state index is -1.99. The van der Waals surface area contributed by atoms with Crippen molar-refractivity contribution in [2.75, 3.05) is 26.4 Å². The maximum Gasteiger partial charge on any atom is 0.220 e. The standard InChI is InChI=1S/C64H105NO18/c1-3-5-7-9-11-13-14-15-16-17-18-19-20-21-22-23-24-25-26-27-28-29-30-31-32-34-36-38-40-42-52(70)65-47(48(69)41-39-37-35-33-12-10-8-6-4-2)46-78-62-58(76)55(73)60(50(44-67)80-62)83-64-59(77)56(74)61(51(45-68)81-64)82-63-57(75)54(72)53(71)49(43-66)79-63/h5,7,11-13,15-16,18-19,21-22,24-25,27-28,33,39,41,47-51,53-64,66-69,71-77H,3-4,6,8-10,14,17,20,23,26,29-32,34-38,40,42-46H2,1-2H3,(H,65,70)/b7-5-,13-11-,16-15-,19-18-,22-21-,25-24-,28-27-,33-12+,41-39+. The summed E-state index contributed by atoms with van der Waals surface area (Å²) in [6.07, 6.45) is 32.4. The van der Waals surface area contributed by atoms with Crippen molar-refractivity contribution in [3.63, 3.8) is 0 Å². The first-order valence-corrected chi connectivity index (χ1v) is 30.6. The summed E-state index contributed by atoms with van der Waals surface area (Å²) in [5.41, 5.74) is 0. The van der Waals surface area contributed by atoms with E-state index in [9.17, 15) is 61.0 Å². The van der Waals surface area contributed by atoms with Crippen molar-refractivity contribution in [1.82, 2.24) is 5.32 Å². The number of hydrogen-bond donors (Lipinski definition) is 12. The molecule has 17 unspecified atom stereocenters. The molecule has 19 heteroatoms. The van der Waals surface area contributed by atoms with Crippen LogP contribution in [0.4, 0.5) is 0 Å². The van der Waals surface area contributed by atoms with E-state index in [0.717, 1.165) is 116 Å². The average Bonchev–Trinajstić information content (AvgIpc) is 3.25. The summed E-state index contributed by atoms with van der Waals surface area (Å²) in [5, 5.41) is 120. The summed E-state index contributed by atoms with van der Waals surface area (Å²) >= 11 is 0. The second-order valence-corrected chi connectivity index (χ2v) is 21.4. The van der Waals surface area contributed by atoms with Gasteiger partial charge in [-0.2, -0.15) is 0 Å². The fraction of sp³-hybridized carbons (Fsp3) is 0.703. The van der Waals surface area contributed by atoms with Gasteiger partial charge in [0.05, 0.1) is 38.6 Å². The fourth-order valence-electron chi connectivity index (χ4n) is 9.54. The van der Waals surface area contributed by atoms with Crippen LogP contribution in [0.5, 0.6) is 0 Å². The molecule has 3 saturated heterocycles. The van der Waals surface area contributed by atoms with E-state index in [-0.39, 0.29) is 18.9 Å². The number of hydrogen-bond acceptors (Lipinski definition) is 18. The molecule has 474 valence electrons. The lowest BCUT2D eigenvalue weighted by atomic mass is 9.96. The number of amides is 1. The number of carbonyl (C=O) groups excluding carboxylic acids is 1. The van der Waals surface area contributed by atoms with Crippen LogP contribution >= 0.6 is 0 Å². The first-order valence-electron chi connectivity index (χ1n) is 30.6. The lowest BCUT2D eigenvalue weighted by Crippen LogP contribution is -2.66. The smallest absolute Gasteiger partial charge is 0.220 e. The highest BCUT2D eigenvalue weighted by Gasteiger charge is 2.53. The minimum Gasteiger partial charge on any atom is -0.394 e. The van der Waals surface area contributed by atoms with Gasteiger partial charge in [0, 0.05) is 6.42 Å². The monoisotopic (exact) mass is 1180 g/mol. The van der Waals surface area contributed by atoms with Gasteiger partial charge in [-0.25, -0.2) is 0 Å². The van der Waals surface area contributed by atoms with Crippen molar-refractivity contribution >= 4 is 5.91 Å². The molecule has 3 aliphatic heterocycles. The zero-order valence-corrected chi connectivity index (χ0v) is 49.4. The Morgan fingerprint density at radius 1 is 0.446 bits per heavy atom. The number of allylic oxidation sites excluding steroid dienone is 17. The van der Waals surface area contributed by atoms with Crippen LogP contribution in [0.2, 0.25) is 0 Å². The van der Waals surface area contributed by atoms with Crippen LogP contribution in [0.25, 0.3) is 0 Å². The summed E-state index contributed by atoms with van der Waals surface area (Å²) in [5.74, 6) is -0.307. The SMILES string of the molecule is CC/C=C\C/C=C\C/C=C\C/C=C\C/C=C\C/C=C\C/C=C\CCCCCCCCCC(=O)NC(COC1OC(CO)C(OC2OC(CO)C(OC3OC(CO)C(O)C(O)C3O)C(O)C2O)C(O)C1O)C(O)/C=C/CC/C=C/CCCCC. The largest absolute Gasteiger partial charge is 0.394 e. The van der Waals surface area contributed by atoms with Crippen LogP contribution in [0.1, 0.15) is 155 Å². The highest BCUT2D eigenvalue weighted by Crippen LogP contribution is 2.33. The highest BCUT2D eigenvalue weighted by molar-refractivity contribution is 5.76. The topological polar surface area (TPSA) is 307 Å². The third-order valence-electron chi connectivity index (χ3n) is 14.6. The number of aliphatic hydroxyl groups excluding tert-OH is 11. The third-order valence-corrected chi connectivity index (χ3v) is 14.6. The van der Waals surface area contributed by atoms with Crippen molar-refractivity contribution in [2.24, 2.45) is 0 Å². The molecule has 0 saturated carbocycles. The van der Waals surface area contributed by atoms with Crippen LogP contribution in [0, 0.1) is 0 Å². The van der Waals surface area contributed by atoms with E-state index >= 15 is 0 Å². The third kappa shape index (κ3) is 29.1. The predicted octanol–water partition coefficient (Wildman–Crippen LogP) is 5.92. The van der Waals surface area contributed by atoms with Gasteiger partial charge in [-0.15, -0.1) is 0 Å². The summed E-state index contributed by atoms with van der Waals surface area (Å²) in [7, 11) is 0. The summed E-state index contributed by atoms with van der Waals surface area (Å²) in [6, 6.07) is -1.00. The number of aliphatic hydroxyl groups is 11. The zero-order valence-electron chi connectivity index (χ0n) is 49.4. The van der Waals surface area contributed by atoms with Gasteiger partial charge in [-0.3, -0.25) is 4.79 Å². The van der Waals surface area contributed by atoms with E-state index in [1.165, 1.54) is 6.42 Å². The molecule has 12 N–H and O–H groups in total. The average molecular weight is 1180 g/mol. The van der Waals surface area contributed by atoms with Gasteiger partial charge in [-0.1, -0.05) is 168 Å². The molecule has 0 radical (unpaired) electrons. The lowest BCUT2D eigenvalue weighted by Gasteiger charge is -2.48. The van der Waals surface area contributed by atoms with Gasteiger partial charge >= 0.3 is 0 Å². The quantitative estimate of drug-likeness (QED) is 0.0249. The second-order valence-electron chi connectivity index (χ2n) is 21.4. The fourth-order valence-corrected chi connectivity index (χ4v) is 9.54. The van der Waals surface area contributed by atoms with Crippen molar-refractivity contribution in [2.45, 2.75) is 259 Å². The zero-order chi connectivity index (χ0) is 60.5. The van der Waals surface area contributed by atoms with Gasteiger partial charge in [0.15, 0.2) is 18.9 Å². The Morgan fingerprint density at radius 2 is 0.843 bits per heavy atom. The van der Waals surface area contributed by atoms with E-state index in [1.54, 1.807) is 6.08 Å². The summed E-state index contributed by atoms with van der Waals surface area (Å²) in [6.45, 7) is 1.48. The maximum atomic E-state index is 13.3. The molecule has 0 aromatic heterocycles. The van der Waals surface area contributed by atoms with E-state index in [4.69, 9.17) is 28.4 Å². The Kier molecular flexibility index (Phi) is 40.6. The minimum absolute atomic E-state index is 0.214. The molecule has 19 nitrogen and oxygen atoms in total. The van der Waals surface area contributed by atoms with Crippen LogP contribution in [0.15, 0.2) is 109 Å². The molecule has 0 aromatic carbocycles. The number of ether oxygens (including phenoxy) is 6. The highest BCUT2D eigenvalue weighted by atomic mass is 16.8.